The van der Waals surface area contributed by atoms with Crippen LogP contribution in [0, 0.1) is 0 Å². The Labute approximate surface area is 221 Å². The van der Waals surface area contributed by atoms with Gasteiger partial charge >= 0.3 is 0 Å². The summed E-state index contributed by atoms with van der Waals surface area (Å²) < 4.78 is 39.8. The van der Waals surface area contributed by atoms with Crippen LogP contribution in [-0.2, 0) is 10.0 Å². The molecule has 192 valence electrons. The summed E-state index contributed by atoms with van der Waals surface area (Å²) >= 11 is 3.47. The number of unbranched alkanes of at least 4 members (excludes halogenated alkanes) is 3. The maximum atomic E-state index is 12.7. The number of rotatable bonds is 13. The first-order valence-corrected chi connectivity index (χ1v) is 14.2. The molecule has 7 nitrogen and oxygen atoms in total. The summed E-state index contributed by atoms with van der Waals surface area (Å²) in [4.78, 5) is 12.8. The molecule has 0 atom stereocenters. The lowest BCUT2D eigenvalue weighted by atomic mass is 10.2. The molecule has 0 heterocycles. The fourth-order valence-electron chi connectivity index (χ4n) is 3.39. The zero-order valence-corrected chi connectivity index (χ0v) is 22.8. The van der Waals surface area contributed by atoms with E-state index in [1.807, 2.05) is 6.92 Å². The van der Waals surface area contributed by atoms with Gasteiger partial charge in [0.15, 0.2) is 0 Å². The lowest BCUT2D eigenvalue weighted by Gasteiger charge is -2.11. The Morgan fingerprint density at radius 3 is 2.19 bits per heavy atom. The smallest absolute Gasteiger partial charge is 0.261 e. The van der Waals surface area contributed by atoms with Crippen molar-refractivity contribution < 1.29 is 22.7 Å². The van der Waals surface area contributed by atoms with Gasteiger partial charge in [-0.1, -0.05) is 26.2 Å². The standard InChI is InChI=1S/C27H31BrN2O5S/c1-3-5-6-7-18-35-26-17-8-20(19-25(26)28)27(31)29-21-11-15-24(16-12-21)36(32,33)30-22-9-13-23(14-10-22)34-4-2/h8-17,19,30H,3-7,18H2,1-2H3,(H,29,31). The van der Waals surface area contributed by atoms with E-state index >= 15 is 0 Å². The van der Waals surface area contributed by atoms with Crippen LogP contribution in [0.5, 0.6) is 11.5 Å². The number of amides is 1. The quantitative estimate of drug-likeness (QED) is 0.217. The topological polar surface area (TPSA) is 93.7 Å². The molecule has 9 heteroatoms. The maximum absolute atomic E-state index is 12.7. The van der Waals surface area contributed by atoms with Crippen molar-refractivity contribution in [2.45, 2.75) is 44.4 Å². The molecule has 0 saturated heterocycles. The van der Waals surface area contributed by atoms with Crippen molar-refractivity contribution in [1.82, 2.24) is 0 Å². The molecule has 0 aromatic heterocycles. The minimum atomic E-state index is -3.78. The monoisotopic (exact) mass is 574 g/mol. The van der Waals surface area contributed by atoms with Gasteiger partial charge in [-0.3, -0.25) is 9.52 Å². The largest absolute Gasteiger partial charge is 0.494 e. The van der Waals surface area contributed by atoms with Gasteiger partial charge in [0.2, 0.25) is 0 Å². The van der Waals surface area contributed by atoms with Crippen molar-refractivity contribution in [2.24, 2.45) is 0 Å². The number of carbonyl (C=O) groups is 1. The molecular weight excluding hydrogens is 544 g/mol. The first-order chi connectivity index (χ1) is 17.3. The first kappa shape index (κ1) is 27.5. The summed E-state index contributed by atoms with van der Waals surface area (Å²) in [5.41, 5.74) is 1.36. The summed E-state index contributed by atoms with van der Waals surface area (Å²) in [7, 11) is -3.78. The van der Waals surface area contributed by atoms with Gasteiger partial charge in [-0.15, -0.1) is 0 Å². The van der Waals surface area contributed by atoms with Crippen LogP contribution in [0.3, 0.4) is 0 Å². The van der Waals surface area contributed by atoms with Gasteiger partial charge in [-0.05, 0) is 96.0 Å². The summed E-state index contributed by atoms with van der Waals surface area (Å²) in [6.45, 7) is 5.21. The molecule has 1 amide bonds. The molecule has 0 aliphatic carbocycles. The van der Waals surface area contributed by atoms with E-state index in [0.29, 0.717) is 46.1 Å². The number of ether oxygens (including phenoxy) is 2. The van der Waals surface area contributed by atoms with E-state index in [9.17, 15) is 13.2 Å². The van der Waals surface area contributed by atoms with Crippen LogP contribution >= 0.6 is 15.9 Å². The molecule has 0 bridgehead atoms. The van der Waals surface area contributed by atoms with Crippen LogP contribution in [0.1, 0.15) is 49.9 Å². The molecule has 3 rings (SSSR count). The molecule has 0 radical (unpaired) electrons. The van der Waals surface area contributed by atoms with E-state index in [1.54, 1.807) is 54.6 Å². The second kappa shape index (κ2) is 13.3. The summed E-state index contributed by atoms with van der Waals surface area (Å²) in [5, 5.41) is 2.79. The van der Waals surface area contributed by atoms with Gasteiger partial charge in [0.1, 0.15) is 11.5 Å². The van der Waals surface area contributed by atoms with E-state index in [0.717, 1.165) is 12.8 Å². The molecule has 0 saturated carbocycles. The number of hydrogen-bond donors (Lipinski definition) is 2. The predicted molar refractivity (Wildman–Crippen MR) is 147 cm³/mol. The minimum Gasteiger partial charge on any atom is -0.494 e. The van der Waals surface area contributed by atoms with Crippen molar-refractivity contribution in [1.29, 1.82) is 0 Å². The van der Waals surface area contributed by atoms with Gasteiger partial charge in [0.25, 0.3) is 15.9 Å². The zero-order valence-electron chi connectivity index (χ0n) is 20.4. The summed E-state index contributed by atoms with van der Waals surface area (Å²) in [6.07, 6.45) is 4.48. The van der Waals surface area contributed by atoms with E-state index < -0.39 is 10.0 Å². The van der Waals surface area contributed by atoms with Crippen LogP contribution in [0.4, 0.5) is 11.4 Å². The Hall–Kier alpha value is -3.04. The minimum absolute atomic E-state index is 0.0811. The average Bonchev–Trinajstić information content (AvgIpc) is 2.86. The Morgan fingerprint density at radius 1 is 0.861 bits per heavy atom. The molecule has 3 aromatic carbocycles. The number of sulfonamides is 1. The molecule has 0 spiro atoms. The summed E-state index contributed by atoms with van der Waals surface area (Å²) in [6, 6.07) is 17.8. The third-order valence-electron chi connectivity index (χ3n) is 5.29. The first-order valence-electron chi connectivity index (χ1n) is 11.9. The van der Waals surface area contributed by atoms with Crippen LogP contribution in [0.2, 0.25) is 0 Å². The number of benzene rings is 3. The van der Waals surface area contributed by atoms with Crippen molar-refractivity contribution in [3.8, 4) is 11.5 Å². The second-order valence-corrected chi connectivity index (χ2v) is 10.6. The number of halogens is 1. The highest BCUT2D eigenvalue weighted by Crippen LogP contribution is 2.27. The van der Waals surface area contributed by atoms with Gasteiger partial charge in [0.05, 0.1) is 22.6 Å². The predicted octanol–water partition coefficient (Wildman–Crippen LogP) is 6.86. The molecule has 0 fully saturated rings. The van der Waals surface area contributed by atoms with E-state index in [1.165, 1.54) is 25.0 Å². The lowest BCUT2D eigenvalue weighted by Crippen LogP contribution is -2.14. The number of nitrogens with one attached hydrogen (secondary N) is 2. The lowest BCUT2D eigenvalue weighted by molar-refractivity contribution is 0.102. The number of hydrogen-bond acceptors (Lipinski definition) is 5. The Morgan fingerprint density at radius 2 is 1.56 bits per heavy atom. The molecular formula is C27H31BrN2O5S. The van der Waals surface area contributed by atoms with Crippen molar-refractivity contribution in [3.63, 3.8) is 0 Å². The number of anilines is 2. The average molecular weight is 576 g/mol. The van der Waals surface area contributed by atoms with Crippen LogP contribution < -0.4 is 19.5 Å². The molecule has 0 unspecified atom stereocenters. The zero-order chi connectivity index (χ0) is 26.0. The van der Waals surface area contributed by atoms with E-state index in [-0.39, 0.29) is 10.8 Å². The highest BCUT2D eigenvalue weighted by atomic mass is 79.9. The number of carbonyl (C=O) groups excluding carboxylic acids is 1. The van der Waals surface area contributed by atoms with Gasteiger partial charge < -0.3 is 14.8 Å². The molecule has 2 N–H and O–H groups in total. The van der Waals surface area contributed by atoms with E-state index in [2.05, 4.69) is 32.9 Å². The molecule has 3 aromatic rings. The molecule has 0 aliphatic rings. The maximum Gasteiger partial charge on any atom is 0.261 e. The van der Waals surface area contributed by atoms with Crippen molar-refractivity contribution in [3.05, 3.63) is 76.8 Å². The van der Waals surface area contributed by atoms with Crippen LogP contribution in [0.15, 0.2) is 76.1 Å². The van der Waals surface area contributed by atoms with E-state index in [4.69, 9.17) is 9.47 Å². The molecule has 36 heavy (non-hydrogen) atoms. The highest BCUT2D eigenvalue weighted by Gasteiger charge is 2.15. The fraction of sp³-hybridized carbons (Fsp3) is 0.296. The third kappa shape index (κ3) is 7.99. The van der Waals surface area contributed by atoms with Gasteiger partial charge in [-0.25, -0.2) is 8.42 Å². The SMILES string of the molecule is CCCCCCOc1ccc(C(=O)Nc2ccc(S(=O)(=O)Nc3ccc(OCC)cc3)cc2)cc1Br. The van der Waals surface area contributed by atoms with Crippen LogP contribution in [-0.4, -0.2) is 27.5 Å². The summed E-state index contributed by atoms with van der Waals surface area (Å²) in [5.74, 6) is 1.04. The normalized spacial score (nSPS) is 11.1. The Kier molecular flexibility index (Phi) is 10.2. The second-order valence-electron chi connectivity index (χ2n) is 8.10. The van der Waals surface area contributed by atoms with Crippen molar-refractivity contribution in [2.75, 3.05) is 23.3 Å². The molecule has 0 aliphatic heterocycles. The van der Waals surface area contributed by atoms with Gasteiger partial charge in [-0.2, -0.15) is 0 Å². The van der Waals surface area contributed by atoms with Gasteiger partial charge in [0, 0.05) is 16.9 Å². The Balaban J connectivity index is 1.58. The van der Waals surface area contributed by atoms with Crippen molar-refractivity contribution >= 4 is 43.2 Å². The third-order valence-corrected chi connectivity index (χ3v) is 7.31. The fourth-order valence-corrected chi connectivity index (χ4v) is 4.94. The highest BCUT2D eigenvalue weighted by molar-refractivity contribution is 9.10. The Bertz CT molecular complexity index is 1250. The van der Waals surface area contributed by atoms with Crippen LogP contribution in [0.25, 0.3) is 0 Å².